The van der Waals surface area contributed by atoms with Crippen LogP contribution < -0.4 is 9.47 Å². The number of hydrogen-bond donors (Lipinski definition) is 0. The molecule has 2 saturated carbocycles. The second-order valence-corrected chi connectivity index (χ2v) is 12.6. The predicted molar refractivity (Wildman–Crippen MR) is 166 cm³/mol. The van der Waals surface area contributed by atoms with Crippen molar-refractivity contribution in [3.63, 3.8) is 0 Å². The van der Waals surface area contributed by atoms with E-state index in [-0.39, 0.29) is 0 Å². The fourth-order valence-electron chi connectivity index (χ4n) is 7.17. The van der Waals surface area contributed by atoms with Gasteiger partial charge in [-0.2, -0.15) is 0 Å². The molecule has 2 nitrogen and oxygen atoms in total. The van der Waals surface area contributed by atoms with E-state index in [1.165, 1.54) is 107 Å². The third-order valence-electron chi connectivity index (χ3n) is 9.62. The fourth-order valence-corrected chi connectivity index (χ4v) is 7.17. The zero-order valence-corrected chi connectivity index (χ0v) is 25.2. The lowest BCUT2D eigenvalue weighted by Crippen LogP contribution is -2.13. The molecule has 2 aliphatic rings. The van der Waals surface area contributed by atoms with Gasteiger partial charge in [0.1, 0.15) is 11.5 Å². The Morgan fingerprint density at radius 2 is 0.846 bits per heavy atom. The van der Waals surface area contributed by atoms with Gasteiger partial charge in [-0.1, -0.05) is 83.1 Å². The van der Waals surface area contributed by atoms with E-state index in [9.17, 15) is 0 Å². The van der Waals surface area contributed by atoms with Crippen molar-refractivity contribution < 1.29 is 9.47 Å². The van der Waals surface area contributed by atoms with E-state index in [1.54, 1.807) is 0 Å². The Morgan fingerprint density at radius 3 is 1.21 bits per heavy atom. The summed E-state index contributed by atoms with van der Waals surface area (Å²) in [6, 6.07) is 18.0. The van der Waals surface area contributed by atoms with Crippen molar-refractivity contribution in [1.82, 2.24) is 0 Å². The summed E-state index contributed by atoms with van der Waals surface area (Å²) in [5.74, 6) is 5.53. The lowest BCUT2D eigenvalue weighted by Gasteiger charge is -2.28. The summed E-state index contributed by atoms with van der Waals surface area (Å²) in [5, 5.41) is 0. The molecule has 2 aromatic rings. The Bertz CT molecular complexity index is 811. The van der Waals surface area contributed by atoms with Gasteiger partial charge in [0.05, 0.1) is 13.2 Å². The fraction of sp³-hybridized carbons (Fsp3) is 0.676. The number of hydrogen-bond acceptors (Lipinski definition) is 2. The molecule has 216 valence electrons. The summed E-state index contributed by atoms with van der Waals surface area (Å²) < 4.78 is 12.1. The minimum Gasteiger partial charge on any atom is -0.494 e. The van der Waals surface area contributed by atoms with Gasteiger partial charge in [0.15, 0.2) is 0 Å². The maximum atomic E-state index is 6.03. The zero-order valence-electron chi connectivity index (χ0n) is 25.2. The van der Waals surface area contributed by atoms with Gasteiger partial charge in [0.25, 0.3) is 0 Å². The van der Waals surface area contributed by atoms with Gasteiger partial charge >= 0.3 is 0 Å². The molecule has 39 heavy (non-hydrogen) atoms. The van der Waals surface area contributed by atoms with E-state index < -0.39 is 0 Å². The quantitative estimate of drug-likeness (QED) is 0.200. The Balaban J connectivity index is 1.00. The smallest absolute Gasteiger partial charge is 0.119 e. The molecule has 0 radical (unpaired) electrons. The van der Waals surface area contributed by atoms with Gasteiger partial charge in [-0.15, -0.1) is 0 Å². The zero-order chi connectivity index (χ0) is 27.1. The molecule has 4 rings (SSSR count). The highest BCUT2D eigenvalue weighted by molar-refractivity contribution is 5.30. The van der Waals surface area contributed by atoms with E-state index in [0.717, 1.165) is 61.2 Å². The Labute approximate surface area is 240 Å². The van der Waals surface area contributed by atoms with Gasteiger partial charge in [-0.25, -0.2) is 0 Å². The molecule has 2 aliphatic carbocycles. The van der Waals surface area contributed by atoms with Gasteiger partial charge in [0, 0.05) is 0 Å². The molecular weight excluding hydrogens is 476 g/mol. The topological polar surface area (TPSA) is 18.5 Å². The molecule has 0 aromatic heterocycles. The molecule has 0 spiro atoms. The first-order chi connectivity index (χ1) is 19.2. The van der Waals surface area contributed by atoms with Crippen LogP contribution in [0.25, 0.3) is 0 Å². The van der Waals surface area contributed by atoms with Crippen LogP contribution in [0.3, 0.4) is 0 Å². The summed E-state index contributed by atoms with van der Waals surface area (Å²) in [6.07, 6.45) is 22.6. The van der Waals surface area contributed by atoms with Crippen molar-refractivity contribution in [2.45, 2.75) is 135 Å². The molecule has 2 fully saturated rings. The second-order valence-electron chi connectivity index (χ2n) is 12.6. The van der Waals surface area contributed by atoms with Gasteiger partial charge < -0.3 is 9.47 Å². The lowest BCUT2D eigenvalue weighted by molar-refractivity contribution is 0.292. The van der Waals surface area contributed by atoms with Crippen molar-refractivity contribution in [2.75, 3.05) is 13.2 Å². The first kappa shape index (κ1) is 30.0. The number of unbranched alkanes of at least 4 members (excludes halogenated alkanes) is 4. The van der Waals surface area contributed by atoms with Crippen molar-refractivity contribution in [3.8, 4) is 11.5 Å². The molecule has 0 bridgehead atoms. The average Bonchev–Trinajstić information content (AvgIpc) is 2.98. The van der Waals surface area contributed by atoms with Crippen LogP contribution in [0.1, 0.15) is 146 Å². The molecular formula is C37H56O2. The molecule has 0 aliphatic heterocycles. The van der Waals surface area contributed by atoms with E-state index in [2.05, 4.69) is 62.4 Å². The maximum Gasteiger partial charge on any atom is 0.119 e. The number of rotatable bonds is 16. The standard InChI is InChI=1S/C37H56O2/c1-3-10-30-12-16-32(17-13-30)34-20-24-36(25-21-34)38-28-8-6-5-7-9-29-39-37-26-22-35(23-27-37)33-18-14-31(11-4-2)15-19-33/h20-27,30-33H,3-19,28-29H2,1-2H3. The van der Waals surface area contributed by atoms with Crippen molar-refractivity contribution in [1.29, 1.82) is 0 Å². The number of benzene rings is 2. The Kier molecular flexibility index (Phi) is 13.1. The number of ether oxygens (including phenoxy) is 2. The predicted octanol–water partition coefficient (Wildman–Crippen LogP) is 11.2. The summed E-state index contributed by atoms with van der Waals surface area (Å²) in [4.78, 5) is 0. The van der Waals surface area contributed by atoms with E-state index in [0.29, 0.717) is 0 Å². The SMILES string of the molecule is CCCC1CCC(c2ccc(OCCCCCCCOc3ccc(C4CCC(CCC)CC4)cc3)cc2)CC1. The highest BCUT2D eigenvalue weighted by Crippen LogP contribution is 2.39. The molecule has 2 heteroatoms. The first-order valence-electron chi connectivity index (χ1n) is 16.7. The molecule has 0 saturated heterocycles. The maximum absolute atomic E-state index is 6.03. The van der Waals surface area contributed by atoms with E-state index >= 15 is 0 Å². The van der Waals surface area contributed by atoms with Crippen molar-refractivity contribution in [2.24, 2.45) is 11.8 Å². The summed E-state index contributed by atoms with van der Waals surface area (Å²) >= 11 is 0. The first-order valence-corrected chi connectivity index (χ1v) is 16.7. The van der Waals surface area contributed by atoms with Crippen molar-refractivity contribution >= 4 is 0 Å². The summed E-state index contributed by atoms with van der Waals surface area (Å²) in [6.45, 7) is 6.29. The minimum atomic E-state index is 0.760. The van der Waals surface area contributed by atoms with Gasteiger partial charge in [0.2, 0.25) is 0 Å². The highest BCUT2D eigenvalue weighted by Gasteiger charge is 2.22. The normalized spacial score (nSPS) is 23.4. The largest absolute Gasteiger partial charge is 0.494 e. The highest BCUT2D eigenvalue weighted by atomic mass is 16.5. The monoisotopic (exact) mass is 532 g/mol. The minimum absolute atomic E-state index is 0.760. The van der Waals surface area contributed by atoms with Crippen LogP contribution in [0.15, 0.2) is 48.5 Å². The van der Waals surface area contributed by atoms with Crippen LogP contribution in [0, 0.1) is 11.8 Å². The lowest BCUT2D eigenvalue weighted by atomic mass is 9.77. The van der Waals surface area contributed by atoms with Crippen LogP contribution in [0.5, 0.6) is 11.5 Å². The molecule has 0 atom stereocenters. The molecule has 0 unspecified atom stereocenters. The molecule has 0 amide bonds. The Morgan fingerprint density at radius 1 is 0.487 bits per heavy atom. The Hall–Kier alpha value is -1.96. The van der Waals surface area contributed by atoms with Gasteiger partial charge in [-0.05, 0) is 123 Å². The molecule has 0 heterocycles. The summed E-state index contributed by atoms with van der Waals surface area (Å²) in [7, 11) is 0. The second kappa shape index (κ2) is 17.0. The van der Waals surface area contributed by atoms with Crippen LogP contribution in [0.2, 0.25) is 0 Å². The van der Waals surface area contributed by atoms with Crippen LogP contribution in [0.4, 0.5) is 0 Å². The average molecular weight is 533 g/mol. The summed E-state index contributed by atoms with van der Waals surface area (Å²) in [5.41, 5.74) is 3.03. The molecule has 2 aromatic carbocycles. The van der Waals surface area contributed by atoms with E-state index in [1.807, 2.05) is 0 Å². The van der Waals surface area contributed by atoms with E-state index in [4.69, 9.17) is 9.47 Å². The third kappa shape index (κ3) is 10.2. The molecule has 0 N–H and O–H groups in total. The third-order valence-corrected chi connectivity index (χ3v) is 9.62. The van der Waals surface area contributed by atoms with Crippen LogP contribution in [-0.2, 0) is 0 Å². The van der Waals surface area contributed by atoms with Crippen LogP contribution >= 0.6 is 0 Å². The van der Waals surface area contributed by atoms with Crippen molar-refractivity contribution in [3.05, 3.63) is 59.7 Å². The van der Waals surface area contributed by atoms with Crippen LogP contribution in [-0.4, -0.2) is 13.2 Å². The van der Waals surface area contributed by atoms with Gasteiger partial charge in [-0.3, -0.25) is 0 Å².